The largest absolute Gasteiger partial charge is 0.494 e. The highest BCUT2D eigenvalue weighted by Crippen LogP contribution is 2.35. The van der Waals surface area contributed by atoms with Crippen molar-refractivity contribution in [3.63, 3.8) is 0 Å². The molecule has 1 amide bonds. The number of amides is 1. The summed E-state index contributed by atoms with van der Waals surface area (Å²) in [5.74, 6) is 2.74. The number of halogens is 1. The van der Waals surface area contributed by atoms with Crippen LogP contribution in [0.2, 0.25) is 0 Å². The van der Waals surface area contributed by atoms with E-state index >= 15 is 0 Å². The van der Waals surface area contributed by atoms with Crippen LogP contribution in [0.1, 0.15) is 44.2 Å². The van der Waals surface area contributed by atoms with Crippen molar-refractivity contribution in [2.24, 2.45) is 16.6 Å². The fraction of sp³-hybridized carbons (Fsp3) is 0.619. The van der Waals surface area contributed by atoms with Gasteiger partial charge in [-0.2, -0.15) is 0 Å². The van der Waals surface area contributed by atoms with E-state index in [1.165, 1.54) is 5.56 Å². The lowest BCUT2D eigenvalue weighted by molar-refractivity contribution is -0.119. The zero-order chi connectivity index (χ0) is 20.1. The smallest absolute Gasteiger partial charge is 0.217 e. The van der Waals surface area contributed by atoms with E-state index < -0.39 is 0 Å². The van der Waals surface area contributed by atoms with Gasteiger partial charge in [0.15, 0.2) is 5.96 Å². The Morgan fingerprint density at radius 3 is 2.93 bits per heavy atom. The van der Waals surface area contributed by atoms with Gasteiger partial charge in [0.05, 0.1) is 6.61 Å². The summed E-state index contributed by atoms with van der Waals surface area (Å²) in [4.78, 5) is 17.9. The number of rotatable bonds is 6. The van der Waals surface area contributed by atoms with Crippen molar-refractivity contribution in [2.45, 2.75) is 52.2 Å². The molecule has 0 aliphatic carbocycles. The van der Waals surface area contributed by atoms with E-state index in [-0.39, 0.29) is 36.0 Å². The Morgan fingerprint density at radius 2 is 2.24 bits per heavy atom. The number of primary amides is 1. The van der Waals surface area contributed by atoms with Crippen molar-refractivity contribution in [1.82, 2.24) is 10.2 Å². The molecule has 1 aromatic rings. The van der Waals surface area contributed by atoms with Gasteiger partial charge in [-0.25, -0.2) is 0 Å². The highest BCUT2D eigenvalue weighted by molar-refractivity contribution is 14.0. The molecule has 2 heterocycles. The first-order valence-electron chi connectivity index (χ1n) is 10.2. The number of benzene rings is 1. The second-order valence-corrected chi connectivity index (χ2v) is 7.66. The van der Waals surface area contributed by atoms with Crippen LogP contribution in [-0.2, 0) is 17.8 Å². The van der Waals surface area contributed by atoms with E-state index in [9.17, 15) is 4.79 Å². The topological polar surface area (TPSA) is 89.2 Å². The third-order valence-corrected chi connectivity index (χ3v) is 5.34. The van der Waals surface area contributed by atoms with Crippen LogP contribution in [0.5, 0.6) is 11.5 Å². The molecular weight excluding hydrogens is 483 g/mol. The SMILES string of the molecule is CCOc1cc2c(cc1CNC(=NC)N1CCCC(CC(N)=O)C1)OC(C)C2.I. The molecule has 1 aromatic carbocycles. The number of hydrogen-bond acceptors (Lipinski definition) is 4. The van der Waals surface area contributed by atoms with Crippen LogP contribution in [0.25, 0.3) is 0 Å². The fourth-order valence-corrected chi connectivity index (χ4v) is 4.12. The molecule has 2 aliphatic rings. The number of ether oxygens (including phenoxy) is 2. The normalized spacial score (nSPS) is 21.1. The molecule has 1 fully saturated rings. The predicted molar refractivity (Wildman–Crippen MR) is 125 cm³/mol. The molecule has 0 spiro atoms. The lowest BCUT2D eigenvalue weighted by Crippen LogP contribution is -2.46. The van der Waals surface area contributed by atoms with E-state index in [1.807, 2.05) is 6.92 Å². The minimum absolute atomic E-state index is 0. The number of aliphatic imine (C=N–C) groups is 1. The second-order valence-electron chi connectivity index (χ2n) is 7.66. The number of hydrogen-bond donors (Lipinski definition) is 2. The van der Waals surface area contributed by atoms with E-state index in [2.05, 4.69) is 34.3 Å². The molecule has 0 saturated carbocycles. The number of guanidine groups is 1. The molecule has 29 heavy (non-hydrogen) atoms. The summed E-state index contributed by atoms with van der Waals surface area (Å²) in [5, 5.41) is 3.45. The van der Waals surface area contributed by atoms with Crippen molar-refractivity contribution in [3.8, 4) is 11.5 Å². The van der Waals surface area contributed by atoms with Crippen LogP contribution in [0.4, 0.5) is 0 Å². The van der Waals surface area contributed by atoms with Crippen LogP contribution < -0.4 is 20.5 Å². The Morgan fingerprint density at radius 1 is 1.45 bits per heavy atom. The van der Waals surface area contributed by atoms with Gasteiger partial charge in [0.2, 0.25) is 5.91 Å². The number of nitrogens with one attached hydrogen (secondary N) is 1. The fourth-order valence-electron chi connectivity index (χ4n) is 4.12. The van der Waals surface area contributed by atoms with Crippen molar-refractivity contribution in [2.75, 3.05) is 26.7 Å². The number of nitrogens with zero attached hydrogens (tertiary/aromatic N) is 2. The van der Waals surface area contributed by atoms with Gasteiger partial charge < -0.3 is 25.4 Å². The Balaban J connectivity index is 0.00000300. The molecule has 3 rings (SSSR count). The molecule has 0 aromatic heterocycles. The highest BCUT2D eigenvalue weighted by Gasteiger charge is 2.25. The summed E-state index contributed by atoms with van der Waals surface area (Å²) in [7, 11) is 1.79. The van der Waals surface area contributed by atoms with Gasteiger partial charge in [0.1, 0.15) is 17.6 Å². The van der Waals surface area contributed by atoms with Gasteiger partial charge >= 0.3 is 0 Å². The van der Waals surface area contributed by atoms with E-state index in [1.54, 1.807) is 7.05 Å². The van der Waals surface area contributed by atoms with Crippen molar-refractivity contribution < 1.29 is 14.3 Å². The molecule has 2 atom stereocenters. The van der Waals surface area contributed by atoms with Crippen LogP contribution in [0.15, 0.2) is 17.1 Å². The zero-order valence-corrected chi connectivity index (χ0v) is 19.9. The first kappa shape index (κ1) is 23.6. The van der Waals surface area contributed by atoms with Gasteiger partial charge in [-0.3, -0.25) is 9.79 Å². The zero-order valence-electron chi connectivity index (χ0n) is 17.6. The van der Waals surface area contributed by atoms with E-state index in [0.717, 1.165) is 55.4 Å². The third kappa shape index (κ3) is 6.13. The molecule has 0 radical (unpaired) electrons. The molecule has 0 bridgehead atoms. The standard InChI is InChI=1S/C21H32N4O3.HI/c1-4-27-18-10-16-8-14(2)28-19(16)11-17(18)12-24-21(23-3)25-7-5-6-15(13-25)9-20(22)26;/h10-11,14-15H,4-9,12-13H2,1-3H3,(H2,22,26)(H,23,24);1H. The van der Waals surface area contributed by atoms with Crippen molar-refractivity contribution >= 4 is 35.8 Å². The maximum atomic E-state index is 11.3. The second kappa shape index (κ2) is 10.9. The number of likely N-dealkylation sites (tertiary alicyclic amines) is 1. The highest BCUT2D eigenvalue weighted by atomic mass is 127. The maximum Gasteiger partial charge on any atom is 0.217 e. The lowest BCUT2D eigenvalue weighted by Gasteiger charge is -2.34. The Labute approximate surface area is 190 Å². The monoisotopic (exact) mass is 516 g/mol. The van der Waals surface area contributed by atoms with Gasteiger partial charge in [-0.1, -0.05) is 0 Å². The molecule has 7 nitrogen and oxygen atoms in total. The third-order valence-electron chi connectivity index (χ3n) is 5.34. The summed E-state index contributed by atoms with van der Waals surface area (Å²) in [6, 6.07) is 4.18. The summed E-state index contributed by atoms with van der Waals surface area (Å²) in [5.41, 5.74) is 7.64. The number of nitrogens with two attached hydrogens (primary N) is 1. The lowest BCUT2D eigenvalue weighted by atomic mass is 9.95. The average Bonchev–Trinajstić information content (AvgIpc) is 3.01. The molecule has 2 unspecified atom stereocenters. The Kier molecular flexibility index (Phi) is 8.85. The first-order valence-corrected chi connectivity index (χ1v) is 10.2. The van der Waals surface area contributed by atoms with Gasteiger partial charge in [-0.05, 0) is 44.7 Å². The summed E-state index contributed by atoms with van der Waals surface area (Å²) in [6.45, 7) is 7.03. The van der Waals surface area contributed by atoms with Crippen LogP contribution in [0.3, 0.4) is 0 Å². The molecule has 3 N–H and O–H groups in total. The summed E-state index contributed by atoms with van der Waals surface area (Å²) in [6.07, 6.45) is 3.62. The van der Waals surface area contributed by atoms with Gasteiger partial charge in [0.25, 0.3) is 0 Å². The van der Waals surface area contributed by atoms with Crippen molar-refractivity contribution in [3.05, 3.63) is 23.3 Å². The maximum absolute atomic E-state index is 11.3. The van der Waals surface area contributed by atoms with Crippen LogP contribution in [0, 0.1) is 5.92 Å². The molecule has 1 saturated heterocycles. The predicted octanol–water partition coefficient (Wildman–Crippen LogP) is 2.69. The number of piperidine rings is 1. The van der Waals surface area contributed by atoms with Gasteiger partial charge in [-0.15, -0.1) is 24.0 Å². The molecule has 162 valence electrons. The summed E-state index contributed by atoms with van der Waals surface area (Å²) >= 11 is 0. The van der Waals surface area contributed by atoms with Crippen LogP contribution in [-0.4, -0.2) is 49.6 Å². The van der Waals surface area contributed by atoms with E-state index in [4.69, 9.17) is 15.2 Å². The number of carbonyl (C=O) groups excluding carboxylic acids is 1. The average molecular weight is 516 g/mol. The van der Waals surface area contributed by atoms with Gasteiger partial charge in [0, 0.05) is 50.7 Å². The van der Waals surface area contributed by atoms with Crippen LogP contribution >= 0.6 is 24.0 Å². The van der Waals surface area contributed by atoms with Crippen molar-refractivity contribution in [1.29, 1.82) is 0 Å². The number of carbonyl (C=O) groups is 1. The quantitative estimate of drug-likeness (QED) is 0.345. The Bertz CT molecular complexity index is 741. The molecule has 8 heteroatoms. The summed E-state index contributed by atoms with van der Waals surface area (Å²) < 4.78 is 11.8. The first-order chi connectivity index (χ1) is 13.5. The Hall–Kier alpha value is -1.71. The molecular formula is C21H33IN4O3. The van der Waals surface area contributed by atoms with E-state index in [0.29, 0.717) is 25.5 Å². The molecule has 2 aliphatic heterocycles. The number of fused-ring (bicyclic) bond motifs is 1. The minimum atomic E-state index is -0.233. The minimum Gasteiger partial charge on any atom is -0.494 e.